The van der Waals surface area contributed by atoms with Gasteiger partial charge in [-0.05, 0) is 27.7 Å². The van der Waals surface area contributed by atoms with E-state index in [1.165, 1.54) is 0 Å². The Balaban J connectivity index is 2.69. The first-order valence-corrected chi connectivity index (χ1v) is 6.10. The van der Waals surface area contributed by atoms with Gasteiger partial charge in [0.15, 0.2) is 5.15 Å². The quantitative estimate of drug-likeness (QED) is 0.737. The predicted molar refractivity (Wildman–Crippen MR) is 72.4 cm³/mol. The van der Waals surface area contributed by atoms with Gasteiger partial charge >= 0.3 is 0 Å². The molecule has 0 spiro atoms. The van der Waals surface area contributed by atoms with Crippen molar-refractivity contribution in [3.63, 3.8) is 0 Å². The number of hydrogen-bond acceptors (Lipinski definition) is 1. The lowest BCUT2D eigenvalue weighted by Gasteiger charge is -2.22. The SMILES string of the molecule is Cc1c(Cl)nn(C(C)(C)C)c1-c1ccccc1. The van der Waals surface area contributed by atoms with E-state index in [0.717, 1.165) is 16.8 Å². The van der Waals surface area contributed by atoms with Gasteiger partial charge in [0.25, 0.3) is 0 Å². The molecule has 3 heteroatoms. The molecule has 0 fully saturated rings. The molecule has 2 nitrogen and oxygen atoms in total. The topological polar surface area (TPSA) is 17.8 Å². The van der Waals surface area contributed by atoms with Gasteiger partial charge in [-0.1, -0.05) is 41.9 Å². The van der Waals surface area contributed by atoms with E-state index in [-0.39, 0.29) is 5.54 Å². The van der Waals surface area contributed by atoms with Gasteiger partial charge in [-0.3, -0.25) is 4.68 Å². The number of halogens is 1. The van der Waals surface area contributed by atoms with E-state index in [9.17, 15) is 0 Å². The average Bonchev–Trinajstić information content (AvgIpc) is 2.57. The zero-order valence-corrected chi connectivity index (χ0v) is 11.4. The van der Waals surface area contributed by atoms with Crippen LogP contribution >= 0.6 is 11.6 Å². The molecule has 0 aliphatic heterocycles. The summed E-state index contributed by atoms with van der Waals surface area (Å²) >= 11 is 6.16. The standard InChI is InChI=1S/C14H17ClN2/c1-10-12(11-8-6-5-7-9-11)17(14(2,3)4)16-13(10)15/h5-9H,1-4H3. The summed E-state index contributed by atoms with van der Waals surface area (Å²) in [5.41, 5.74) is 3.21. The van der Waals surface area contributed by atoms with Crippen molar-refractivity contribution in [2.45, 2.75) is 33.2 Å². The molecule has 90 valence electrons. The lowest BCUT2D eigenvalue weighted by Crippen LogP contribution is -2.24. The van der Waals surface area contributed by atoms with E-state index in [0.29, 0.717) is 5.15 Å². The maximum atomic E-state index is 6.16. The highest BCUT2D eigenvalue weighted by atomic mass is 35.5. The maximum absolute atomic E-state index is 6.16. The van der Waals surface area contributed by atoms with Gasteiger partial charge in [0, 0.05) is 11.1 Å². The lowest BCUT2D eigenvalue weighted by atomic mass is 10.0. The van der Waals surface area contributed by atoms with Crippen molar-refractivity contribution in [3.8, 4) is 11.3 Å². The van der Waals surface area contributed by atoms with Crippen LogP contribution in [0.3, 0.4) is 0 Å². The first-order valence-electron chi connectivity index (χ1n) is 5.72. The molecule has 0 unspecified atom stereocenters. The third-order valence-electron chi connectivity index (χ3n) is 2.75. The minimum Gasteiger partial charge on any atom is -0.258 e. The number of rotatable bonds is 1. The molecule has 2 rings (SSSR count). The Hall–Kier alpha value is -1.28. The maximum Gasteiger partial charge on any atom is 0.154 e. The molecule has 17 heavy (non-hydrogen) atoms. The third-order valence-corrected chi connectivity index (χ3v) is 3.11. The van der Waals surface area contributed by atoms with Gasteiger partial charge in [-0.25, -0.2) is 0 Å². The summed E-state index contributed by atoms with van der Waals surface area (Å²) in [6, 6.07) is 10.2. The van der Waals surface area contributed by atoms with E-state index >= 15 is 0 Å². The second-order valence-electron chi connectivity index (χ2n) is 5.21. The van der Waals surface area contributed by atoms with Crippen LogP contribution in [0.15, 0.2) is 30.3 Å². The van der Waals surface area contributed by atoms with Crippen LogP contribution < -0.4 is 0 Å². The zero-order valence-electron chi connectivity index (χ0n) is 10.7. The summed E-state index contributed by atoms with van der Waals surface area (Å²) in [5.74, 6) is 0. The highest BCUT2D eigenvalue weighted by Gasteiger charge is 2.22. The summed E-state index contributed by atoms with van der Waals surface area (Å²) in [4.78, 5) is 0. The van der Waals surface area contributed by atoms with Crippen molar-refractivity contribution in [2.24, 2.45) is 0 Å². The van der Waals surface area contributed by atoms with Crippen molar-refractivity contribution in [1.82, 2.24) is 9.78 Å². The fourth-order valence-corrected chi connectivity index (χ4v) is 2.05. The fraction of sp³-hybridized carbons (Fsp3) is 0.357. The Morgan fingerprint density at radius 2 is 1.71 bits per heavy atom. The number of hydrogen-bond donors (Lipinski definition) is 0. The Labute approximate surface area is 107 Å². The van der Waals surface area contributed by atoms with Gasteiger partial charge in [0.2, 0.25) is 0 Å². The third kappa shape index (κ3) is 2.22. The van der Waals surface area contributed by atoms with Crippen LogP contribution in [0.1, 0.15) is 26.3 Å². The fourth-order valence-electron chi connectivity index (χ4n) is 1.89. The van der Waals surface area contributed by atoms with Crippen LogP contribution in [-0.4, -0.2) is 9.78 Å². The largest absolute Gasteiger partial charge is 0.258 e. The molecule has 0 saturated carbocycles. The molecule has 1 aromatic carbocycles. The van der Waals surface area contributed by atoms with Gasteiger partial charge in [-0.2, -0.15) is 5.10 Å². The van der Waals surface area contributed by atoms with E-state index in [4.69, 9.17) is 11.6 Å². The Kier molecular flexibility index (Phi) is 3.00. The van der Waals surface area contributed by atoms with Crippen molar-refractivity contribution < 1.29 is 0 Å². The van der Waals surface area contributed by atoms with Gasteiger partial charge in [0.1, 0.15) is 0 Å². The Morgan fingerprint density at radius 1 is 1.12 bits per heavy atom. The van der Waals surface area contributed by atoms with Gasteiger partial charge in [0.05, 0.1) is 11.2 Å². The molecule has 0 bridgehead atoms. The minimum atomic E-state index is -0.0803. The predicted octanol–water partition coefficient (Wildman–Crippen LogP) is 4.27. The van der Waals surface area contributed by atoms with Crippen molar-refractivity contribution in [3.05, 3.63) is 41.0 Å². The summed E-state index contributed by atoms with van der Waals surface area (Å²) in [6.45, 7) is 8.40. The molecular weight excluding hydrogens is 232 g/mol. The first-order chi connectivity index (χ1) is 7.91. The van der Waals surface area contributed by atoms with Crippen LogP contribution in [-0.2, 0) is 5.54 Å². The second-order valence-corrected chi connectivity index (χ2v) is 5.57. The molecule has 0 aliphatic carbocycles. The van der Waals surface area contributed by atoms with Crippen LogP contribution in [0.2, 0.25) is 5.15 Å². The highest BCUT2D eigenvalue weighted by molar-refractivity contribution is 6.30. The lowest BCUT2D eigenvalue weighted by molar-refractivity contribution is 0.360. The number of benzene rings is 1. The molecule has 1 heterocycles. The molecule has 0 N–H and O–H groups in total. The molecule has 0 amide bonds. The van der Waals surface area contributed by atoms with Gasteiger partial charge < -0.3 is 0 Å². The van der Waals surface area contributed by atoms with E-state index < -0.39 is 0 Å². The molecule has 0 atom stereocenters. The Morgan fingerprint density at radius 3 is 2.24 bits per heavy atom. The minimum absolute atomic E-state index is 0.0803. The average molecular weight is 249 g/mol. The van der Waals surface area contributed by atoms with Gasteiger partial charge in [-0.15, -0.1) is 0 Å². The molecular formula is C14H17ClN2. The monoisotopic (exact) mass is 248 g/mol. The highest BCUT2D eigenvalue weighted by Crippen LogP contribution is 2.32. The van der Waals surface area contributed by atoms with Crippen LogP contribution in [0.25, 0.3) is 11.3 Å². The summed E-state index contributed by atoms with van der Waals surface area (Å²) in [6.07, 6.45) is 0. The van der Waals surface area contributed by atoms with Crippen molar-refractivity contribution in [2.75, 3.05) is 0 Å². The molecule has 1 aromatic heterocycles. The summed E-state index contributed by atoms with van der Waals surface area (Å²) in [7, 11) is 0. The molecule has 2 aromatic rings. The van der Waals surface area contributed by atoms with Crippen LogP contribution in [0.4, 0.5) is 0 Å². The van der Waals surface area contributed by atoms with Crippen LogP contribution in [0, 0.1) is 6.92 Å². The van der Waals surface area contributed by atoms with E-state index in [1.54, 1.807) is 0 Å². The summed E-state index contributed by atoms with van der Waals surface area (Å²) in [5, 5.41) is 5.02. The number of nitrogens with zero attached hydrogens (tertiary/aromatic N) is 2. The van der Waals surface area contributed by atoms with Crippen molar-refractivity contribution in [1.29, 1.82) is 0 Å². The van der Waals surface area contributed by atoms with E-state index in [1.807, 2.05) is 29.8 Å². The molecule has 0 aliphatic rings. The zero-order chi connectivity index (χ0) is 12.6. The smallest absolute Gasteiger partial charge is 0.154 e. The van der Waals surface area contributed by atoms with E-state index in [2.05, 4.69) is 38.0 Å². The molecule has 0 radical (unpaired) electrons. The molecule has 0 saturated heterocycles. The van der Waals surface area contributed by atoms with Crippen molar-refractivity contribution >= 4 is 11.6 Å². The Bertz CT molecular complexity index is 521. The second kappa shape index (κ2) is 4.19. The van der Waals surface area contributed by atoms with Crippen LogP contribution in [0.5, 0.6) is 0 Å². The first kappa shape index (κ1) is 12.2. The number of aromatic nitrogens is 2. The summed E-state index contributed by atoms with van der Waals surface area (Å²) < 4.78 is 2.00. The normalized spacial score (nSPS) is 11.8.